The summed E-state index contributed by atoms with van der Waals surface area (Å²) in [6, 6.07) is 1.26. The summed E-state index contributed by atoms with van der Waals surface area (Å²) < 4.78 is 3.66. The van der Waals surface area contributed by atoms with E-state index < -0.39 is 0 Å². The minimum Gasteiger partial charge on any atom is -0.494 e. The van der Waals surface area contributed by atoms with Crippen molar-refractivity contribution in [2.45, 2.75) is 59.0 Å². The van der Waals surface area contributed by atoms with E-state index in [-0.39, 0.29) is 11.4 Å². The molecule has 0 aliphatic heterocycles. The maximum absolute atomic E-state index is 11.8. The largest absolute Gasteiger partial charge is 0.494 e. The van der Waals surface area contributed by atoms with Gasteiger partial charge in [-0.05, 0) is 25.1 Å². The van der Waals surface area contributed by atoms with Crippen LogP contribution in [-0.4, -0.2) is 14.2 Å². The average Bonchev–Trinajstić information content (AvgIpc) is 2.33. The lowest BCUT2D eigenvalue weighted by atomic mass is 10.2. The SMILES string of the molecule is CCCCCn1c(O)cc(=O)n(CCCC)c1=S. The van der Waals surface area contributed by atoms with Crippen LogP contribution in [-0.2, 0) is 13.1 Å². The van der Waals surface area contributed by atoms with Gasteiger partial charge in [0, 0.05) is 13.1 Å². The smallest absolute Gasteiger partial charge is 0.258 e. The number of nitrogens with zero attached hydrogens (tertiary/aromatic N) is 2. The third kappa shape index (κ3) is 3.70. The number of hydrogen-bond acceptors (Lipinski definition) is 3. The van der Waals surface area contributed by atoms with Gasteiger partial charge in [0.05, 0.1) is 6.07 Å². The Morgan fingerprint density at radius 3 is 2.33 bits per heavy atom. The van der Waals surface area contributed by atoms with Gasteiger partial charge in [-0.1, -0.05) is 33.1 Å². The third-order valence-electron chi connectivity index (χ3n) is 2.98. The van der Waals surface area contributed by atoms with Crippen LogP contribution in [0.25, 0.3) is 0 Å². The average molecular weight is 270 g/mol. The Balaban J connectivity index is 3.02. The molecule has 0 saturated carbocycles. The molecule has 1 N–H and O–H groups in total. The van der Waals surface area contributed by atoms with Crippen LogP contribution < -0.4 is 5.56 Å². The minimum absolute atomic E-state index is 0.0196. The van der Waals surface area contributed by atoms with Gasteiger partial charge in [-0.25, -0.2) is 0 Å². The van der Waals surface area contributed by atoms with Gasteiger partial charge >= 0.3 is 0 Å². The number of hydrogen-bond donors (Lipinski definition) is 1. The van der Waals surface area contributed by atoms with Crippen molar-refractivity contribution in [1.82, 2.24) is 9.13 Å². The number of aromatic nitrogens is 2. The van der Waals surface area contributed by atoms with Crippen LogP contribution in [0.3, 0.4) is 0 Å². The molecule has 0 bridgehead atoms. The van der Waals surface area contributed by atoms with Crippen molar-refractivity contribution in [2.75, 3.05) is 0 Å². The zero-order valence-electron chi connectivity index (χ0n) is 11.2. The molecule has 5 heteroatoms. The second-order valence-corrected chi connectivity index (χ2v) is 4.85. The molecule has 18 heavy (non-hydrogen) atoms. The quantitative estimate of drug-likeness (QED) is 0.612. The van der Waals surface area contributed by atoms with Crippen molar-refractivity contribution in [3.63, 3.8) is 0 Å². The first-order valence-corrected chi connectivity index (χ1v) is 7.06. The van der Waals surface area contributed by atoms with E-state index in [1.807, 2.05) is 0 Å². The van der Waals surface area contributed by atoms with Crippen LogP contribution in [0.1, 0.15) is 46.0 Å². The van der Waals surface area contributed by atoms with Crippen molar-refractivity contribution in [1.29, 1.82) is 0 Å². The van der Waals surface area contributed by atoms with Gasteiger partial charge in [-0.2, -0.15) is 0 Å². The highest BCUT2D eigenvalue weighted by Crippen LogP contribution is 2.10. The summed E-state index contributed by atoms with van der Waals surface area (Å²) in [5.41, 5.74) is -0.210. The van der Waals surface area contributed by atoms with E-state index >= 15 is 0 Å². The summed E-state index contributed by atoms with van der Waals surface area (Å²) in [6.45, 7) is 5.50. The second kappa shape index (κ2) is 7.36. The Bertz CT molecular complexity index is 491. The fraction of sp³-hybridized carbons (Fsp3) is 0.692. The molecule has 0 saturated heterocycles. The predicted molar refractivity (Wildman–Crippen MR) is 75.6 cm³/mol. The molecule has 1 heterocycles. The number of unbranched alkanes of at least 4 members (excludes halogenated alkanes) is 3. The molecule has 1 aromatic heterocycles. The van der Waals surface area contributed by atoms with Crippen molar-refractivity contribution in [3.05, 3.63) is 21.2 Å². The molecule has 1 rings (SSSR count). The molecular weight excluding hydrogens is 248 g/mol. The van der Waals surface area contributed by atoms with Crippen molar-refractivity contribution in [2.24, 2.45) is 0 Å². The van der Waals surface area contributed by atoms with E-state index in [1.165, 1.54) is 6.07 Å². The molecule has 1 aromatic rings. The molecule has 0 radical (unpaired) electrons. The van der Waals surface area contributed by atoms with Crippen molar-refractivity contribution >= 4 is 12.2 Å². The van der Waals surface area contributed by atoms with Gasteiger partial charge in [0.15, 0.2) is 10.7 Å². The summed E-state index contributed by atoms with van der Waals surface area (Å²) in [6.07, 6.45) is 5.10. The first-order valence-electron chi connectivity index (χ1n) is 6.65. The first kappa shape index (κ1) is 15.0. The lowest BCUT2D eigenvalue weighted by Gasteiger charge is -2.13. The van der Waals surface area contributed by atoms with E-state index in [9.17, 15) is 9.90 Å². The highest BCUT2D eigenvalue weighted by molar-refractivity contribution is 7.71. The van der Waals surface area contributed by atoms with Crippen LogP contribution in [0, 0.1) is 4.77 Å². The Morgan fingerprint density at radius 1 is 1.11 bits per heavy atom. The second-order valence-electron chi connectivity index (χ2n) is 4.49. The van der Waals surface area contributed by atoms with Gasteiger partial charge in [-0.15, -0.1) is 0 Å². The van der Waals surface area contributed by atoms with E-state index in [0.29, 0.717) is 17.9 Å². The fourth-order valence-electron chi connectivity index (χ4n) is 1.86. The standard InChI is InChI=1S/C13H22N2O2S/c1-3-5-7-9-15-12(17)10-11(16)14(13(15)18)8-6-4-2/h10,17H,3-9H2,1-2H3. The highest BCUT2D eigenvalue weighted by Gasteiger charge is 2.07. The first-order chi connectivity index (χ1) is 8.61. The Kier molecular flexibility index (Phi) is 6.12. The van der Waals surface area contributed by atoms with E-state index in [4.69, 9.17) is 12.2 Å². The molecule has 0 fully saturated rings. The zero-order valence-corrected chi connectivity index (χ0v) is 12.0. The zero-order chi connectivity index (χ0) is 13.5. The van der Waals surface area contributed by atoms with E-state index in [1.54, 1.807) is 9.13 Å². The monoisotopic (exact) mass is 270 g/mol. The van der Waals surface area contributed by atoms with Gasteiger partial charge < -0.3 is 5.11 Å². The minimum atomic E-state index is -0.210. The summed E-state index contributed by atoms with van der Waals surface area (Å²) in [7, 11) is 0. The molecule has 0 amide bonds. The fourth-order valence-corrected chi connectivity index (χ4v) is 2.22. The van der Waals surface area contributed by atoms with Gasteiger partial charge in [-0.3, -0.25) is 13.9 Å². The van der Waals surface area contributed by atoms with Crippen molar-refractivity contribution in [3.8, 4) is 5.88 Å². The molecular formula is C13H22N2O2S. The number of aromatic hydroxyl groups is 1. The van der Waals surface area contributed by atoms with Crippen LogP contribution in [0.4, 0.5) is 0 Å². The molecule has 0 spiro atoms. The summed E-state index contributed by atoms with van der Waals surface area (Å²) in [4.78, 5) is 11.8. The predicted octanol–water partition coefficient (Wildman–Crippen LogP) is 3.08. The lowest BCUT2D eigenvalue weighted by Crippen LogP contribution is -2.24. The molecule has 0 atom stereocenters. The van der Waals surface area contributed by atoms with Crippen LogP contribution in [0.5, 0.6) is 5.88 Å². The molecule has 0 aromatic carbocycles. The van der Waals surface area contributed by atoms with E-state index in [2.05, 4.69) is 13.8 Å². The van der Waals surface area contributed by atoms with E-state index in [0.717, 1.165) is 32.1 Å². The summed E-state index contributed by atoms with van der Waals surface area (Å²) >= 11 is 5.30. The Morgan fingerprint density at radius 2 is 1.72 bits per heavy atom. The maximum Gasteiger partial charge on any atom is 0.258 e. The van der Waals surface area contributed by atoms with Gasteiger partial charge in [0.2, 0.25) is 0 Å². The normalized spacial score (nSPS) is 10.8. The maximum atomic E-state index is 11.8. The van der Waals surface area contributed by atoms with Gasteiger partial charge in [0.1, 0.15) is 0 Å². The van der Waals surface area contributed by atoms with Crippen LogP contribution >= 0.6 is 12.2 Å². The van der Waals surface area contributed by atoms with Crippen LogP contribution in [0.15, 0.2) is 10.9 Å². The highest BCUT2D eigenvalue weighted by atomic mass is 32.1. The molecule has 4 nitrogen and oxygen atoms in total. The lowest BCUT2D eigenvalue weighted by molar-refractivity contribution is 0.387. The van der Waals surface area contributed by atoms with Gasteiger partial charge in [0.25, 0.3) is 5.56 Å². The van der Waals surface area contributed by atoms with Crippen molar-refractivity contribution < 1.29 is 5.11 Å². The molecule has 0 unspecified atom stereocenters. The Labute approximate surface area is 113 Å². The van der Waals surface area contributed by atoms with Crippen LogP contribution in [0.2, 0.25) is 0 Å². The topological polar surface area (TPSA) is 47.2 Å². The molecule has 0 aliphatic rings. The summed E-state index contributed by atoms with van der Waals surface area (Å²) in [5, 5.41) is 9.80. The summed E-state index contributed by atoms with van der Waals surface area (Å²) in [5.74, 6) is -0.0196. The molecule has 102 valence electrons. The third-order valence-corrected chi connectivity index (χ3v) is 3.42. The molecule has 0 aliphatic carbocycles. The Hall–Kier alpha value is -1.10. The number of rotatable bonds is 7.